The van der Waals surface area contributed by atoms with Gasteiger partial charge in [0, 0.05) is 5.33 Å². The van der Waals surface area contributed by atoms with Gasteiger partial charge in [-0.25, -0.2) is 0 Å². The highest BCUT2D eigenvalue weighted by Crippen LogP contribution is 2.32. The van der Waals surface area contributed by atoms with Crippen LogP contribution in [0, 0.1) is 0 Å². The van der Waals surface area contributed by atoms with Crippen molar-refractivity contribution in [3.8, 4) is 0 Å². The molecule has 0 unspecified atom stereocenters. The normalized spacial score (nSPS) is 13.6. The van der Waals surface area contributed by atoms with Gasteiger partial charge in [-0.1, -0.05) is 15.9 Å². The molecule has 0 fully saturated rings. The van der Waals surface area contributed by atoms with E-state index in [1.54, 1.807) is 0 Å². The molecule has 0 radical (unpaired) electrons. The summed E-state index contributed by atoms with van der Waals surface area (Å²) in [5, 5.41) is 0.409. The molecule has 1 nitrogen and oxygen atoms in total. The van der Waals surface area contributed by atoms with Crippen molar-refractivity contribution in [1.29, 1.82) is 0 Å². The van der Waals surface area contributed by atoms with Crippen molar-refractivity contribution in [2.24, 2.45) is 0 Å². The molecule has 0 aliphatic rings. The second-order valence-electron chi connectivity index (χ2n) is 2.55. The van der Waals surface area contributed by atoms with E-state index in [1.807, 2.05) is 0 Å². The van der Waals surface area contributed by atoms with Crippen molar-refractivity contribution in [1.82, 2.24) is 0 Å². The van der Waals surface area contributed by atoms with Crippen molar-refractivity contribution in [3.63, 3.8) is 0 Å². The molecular weight excluding hydrogens is 225 g/mol. The lowest BCUT2D eigenvalue weighted by atomic mass is 10.1. The highest BCUT2D eigenvalue weighted by molar-refractivity contribution is 9.09. The minimum Gasteiger partial charge on any atom is -0.365 e. The molecule has 0 aliphatic carbocycles. The van der Waals surface area contributed by atoms with Crippen molar-refractivity contribution < 1.29 is 17.9 Å². The predicted molar refractivity (Wildman–Crippen MR) is 39.9 cm³/mol. The summed E-state index contributed by atoms with van der Waals surface area (Å²) in [5.74, 6) is 0. The van der Waals surface area contributed by atoms with Gasteiger partial charge in [0.15, 0.2) is 5.60 Å². The van der Waals surface area contributed by atoms with Crippen LogP contribution in [0.15, 0.2) is 0 Å². The summed E-state index contributed by atoms with van der Waals surface area (Å²) in [7, 11) is 0. The molecule has 0 aliphatic heterocycles. The average molecular weight is 235 g/mol. The van der Waals surface area contributed by atoms with E-state index in [1.165, 1.54) is 0 Å². The topological polar surface area (TPSA) is 9.23 Å². The summed E-state index contributed by atoms with van der Waals surface area (Å²) in [5.41, 5.74) is -2.04. The lowest BCUT2D eigenvalue weighted by Gasteiger charge is -2.27. The first-order chi connectivity index (χ1) is 4.81. The van der Waals surface area contributed by atoms with E-state index in [4.69, 9.17) is 0 Å². The van der Waals surface area contributed by atoms with E-state index in [-0.39, 0.29) is 6.61 Å². The van der Waals surface area contributed by atoms with Gasteiger partial charge in [0.2, 0.25) is 0 Å². The molecule has 0 aromatic rings. The number of hydrogen-bond acceptors (Lipinski definition) is 1. The Labute approximate surface area is 72.0 Å². The number of ether oxygens (including phenoxy) is 1. The van der Waals surface area contributed by atoms with Crippen molar-refractivity contribution in [3.05, 3.63) is 0 Å². The zero-order valence-corrected chi connectivity index (χ0v) is 7.92. The molecule has 0 spiro atoms. The summed E-state index contributed by atoms with van der Waals surface area (Å²) in [4.78, 5) is 0. The summed E-state index contributed by atoms with van der Waals surface area (Å²) < 4.78 is 40.6. The van der Waals surface area contributed by atoms with Gasteiger partial charge < -0.3 is 4.74 Å². The molecule has 0 saturated heterocycles. The Morgan fingerprint density at radius 1 is 1.27 bits per heavy atom. The smallest absolute Gasteiger partial charge is 0.365 e. The second-order valence-corrected chi connectivity index (χ2v) is 3.34. The molecular formula is C6H10BrF3O. The van der Waals surface area contributed by atoms with Gasteiger partial charge in [-0.3, -0.25) is 0 Å². The fourth-order valence-corrected chi connectivity index (χ4v) is 0.537. The van der Waals surface area contributed by atoms with Crippen LogP contribution in [-0.4, -0.2) is 23.7 Å². The molecule has 11 heavy (non-hydrogen) atoms. The first-order valence-corrected chi connectivity index (χ1v) is 4.20. The SMILES string of the molecule is CC(C)(OCCBr)C(F)(F)F. The third-order valence-electron chi connectivity index (χ3n) is 1.22. The van der Waals surface area contributed by atoms with Crippen LogP contribution in [-0.2, 0) is 4.74 Å². The third kappa shape index (κ3) is 3.42. The van der Waals surface area contributed by atoms with Crippen LogP contribution in [0.5, 0.6) is 0 Å². The summed E-state index contributed by atoms with van der Waals surface area (Å²) >= 11 is 2.98. The zero-order chi connectivity index (χ0) is 9.12. The fraction of sp³-hybridized carbons (Fsp3) is 1.00. The van der Waals surface area contributed by atoms with E-state index in [9.17, 15) is 13.2 Å². The van der Waals surface area contributed by atoms with Crippen LogP contribution in [0.2, 0.25) is 0 Å². The van der Waals surface area contributed by atoms with Gasteiger partial charge in [0.05, 0.1) is 6.61 Å². The maximum atomic E-state index is 12.0. The van der Waals surface area contributed by atoms with Gasteiger partial charge >= 0.3 is 6.18 Å². The van der Waals surface area contributed by atoms with E-state index >= 15 is 0 Å². The van der Waals surface area contributed by atoms with E-state index in [0.717, 1.165) is 13.8 Å². The molecule has 5 heteroatoms. The molecule has 0 heterocycles. The Hall–Kier alpha value is 0.230. The van der Waals surface area contributed by atoms with Crippen molar-refractivity contribution in [2.75, 3.05) is 11.9 Å². The molecule has 0 N–H and O–H groups in total. The Balaban J connectivity index is 4.00. The maximum Gasteiger partial charge on any atom is 0.416 e. The largest absolute Gasteiger partial charge is 0.416 e. The van der Waals surface area contributed by atoms with Crippen LogP contribution < -0.4 is 0 Å². The Kier molecular flexibility index (Phi) is 3.84. The summed E-state index contributed by atoms with van der Waals surface area (Å²) in [6.45, 7) is 2.08. The van der Waals surface area contributed by atoms with Gasteiger partial charge in [-0.2, -0.15) is 13.2 Å². The molecule has 0 bridgehead atoms. The van der Waals surface area contributed by atoms with Gasteiger partial charge in [-0.05, 0) is 13.8 Å². The number of hydrogen-bond donors (Lipinski definition) is 0. The molecule has 0 atom stereocenters. The zero-order valence-electron chi connectivity index (χ0n) is 6.33. The predicted octanol–water partition coefficient (Wildman–Crippen LogP) is 2.74. The van der Waals surface area contributed by atoms with Crippen LogP contribution >= 0.6 is 15.9 Å². The first-order valence-electron chi connectivity index (χ1n) is 3.08. The lowest BCUT2D eigenvalue weighted by Crippen LogP contribution is -2.42. The number of alkyl halides is 4. The Bertz CT molecular complexity index is 121. The maximum absolute atomic E-state index is 12.0. The molecule has 0 rings (SSSR count). The minimum absolute atomic E-state index is 0.0620. The standard InChI is InChI=1S/C6H10BrF3O/c1-5(2,6(8,9)10)11-4-3-7/h3-4H2,1-2H3. The van der Waals surface area contributed by atoms with Crippen molar-refractivity contribution >= 4 is 15.9 Å². The first kappa shape index (κ1) is 11.2. The van der Waals surface area contributed by atoms with Gasteiger partial charge in [-0.15, -0.1) is 0 Å². The fourth-order valence-electron chi connectivity index (χ4n) is 0.376. The van der Waals surface area contributed by atoms with Crippen LogP contribution in [0.4, 0.5) is 13.2 Å². The number of halogens is 4. The Morgan fingerprint density at radius 3 is 2.00 bits per heavy atom. The van der Waals surface area contributed by atoms with Crippen LogP contribution in [0.3, 0.4) is 0 Å². The van der Waals surface area contributed by atoms with Crippen molar-refractivity contribution in [2.45, 2.75) is 25.6 Å². The average Bonchev–Trinajstić information content (AvgIpc) is 1.81. The van der Waals surface area contributed by atoms with Gasteiger partial charge in [0.25, 0.3) is 0 Å². The lowest BCUT2D eigenvalue weighted by molar-refractivity contribution is -0.261. The van der Waals surface area contributed by atoms with Gasteiger partial charge in [0.1, 0.15) is 0 Å². The minimum atomic E-state index is -4.30. The molecule has 0 saturated carbocycles. The summed E-state index contributed by atoms with van der Waals surface area (Å²) in [6.07, 6.45) is -4.30. The third-order valence-corrected chi connectivity index (χ3v) is 1.55. The van der Waals surface area contributed by atoms with E-state index in [2.05, 4.69) is 20.7 Å². The monoisotopic (exact) mass is 234 g/mol. The van der Waals surface area contributed by atoms with Crippen LogP contribution in [0.25, 0.3) is 0 Å². The Morgan fingerprint density at radius 2 is 1.73 bits per heavy atom. The van der Waals surface area contributed by atoms with E-state index < -0.39 is 11.8 Å². The van der Waals surface area contributed by atoms with E-state index in [0.29, 0.717) is 5.33 Å². The molecule has 0 aromatic heterocycles. The quantitative estimate of drug-likeness (QED) is 0.683. The highest BCUT2D eigenvalue weighted by Gasteiger charge is 2.48. The highest BCUT2D eigenvalue weighted by atomic mass is 79.9. The molecule has 0 aromatic carbocycles. The second kappa shape index (κ2) is 3.76. The summed E-state index contributed by atoms with van der Waals surface area (Å²) in [6, 6.07) is 0. The number of rotatable bonds is 3. The molecule has 68 valence electrons. The van der Waals surface area contributed by atoms with Crippen LogP contribution in [0.1, 0.15) is 13.8 Å². The molecule has 0 amide bonds.